The molecule has 0 aliphatic carbocycles. The lowest BCUT2D eigenvalue weighted by Gasteiger charge is -2.17. The van der Waals surface area contributed by atoms with Crippen LogP contribution >= 0.6 is 11.6 Å². The van der Waals surface area contributed by atoms with E-state index >= 15 is 0 Å². The molecule has 1 aromatic rings. The van der Waals surface area contributed by atoms with Gasteiger partial charge in [0.2, 0.25) is 5.91 Å². The van der Waals surface area contributed by atoms with Crippen molar-refractivity contribution in [2.75, 3.05) is 11.9 Å². The summed E-state index contributed by atoms with van der Waals surface area (Å²) in [5, 5.41) is 6.15. The third-order valence-electron chi connectivity index (χ3n) is 2.79. The molecule has 2 rings (SSSR count). The van der Waals surface area contributed by atoms with E-state index in [0.29, 0.717) is 18.0 Å². The Morgan fingerprint density at radius 1 is 1.41 bits per heavy atom. The minimum absolute atomic E-state index is 0.0816. The first-order valence-electron chi connectivity index (χ1n) is 5.66. The number of anilines is 1. The molecule has 0 bridgehead atoms. The summed E-state index contributed by atoms with van der Waals surface area (Å²) in [7, 11) is 0. The predicted molar refractivity (Wildman–Crippen MR) is 65.7 cm³/mol. The van der Waals surface area contributed by atoms with E-state index in [0.717, 1.165) is 12.8 Å². The Morgan fingerprint density at radius 3 is 3.06 bits per heavy atom. The fourth-order valence-corrected chi connectivity index (χ4v) is 2.04. The van der Waals surface area contributed by atoms with Crippen molar-refractivity contribution in [2.24, 2.45) is 0 Å². The van der Waals surface area contributed by atoms with Gasteiger partial charge >= 0.3 is 0 Å². The van der Waals surface area contributed by atoms with E-state index < -0.39 is 5.82 Å². The highest BCUT2D eigenvalue weighted by molar-refractivity contribution is 6.30. The molecular weight excluding hydrogens is 243 g/mol. The minimum Gasteiger partial charge on any atom is -0.371 e. The smallest absolute Gasteiger partial charge is 0.242 e. The fraction of sp³-hybridized carbons (Fsp3) is 0.417. The lowest BCUT2D eigenvalue weighted by atomic mass is 10.1. The summed E-state index contributed by atoms with van der Waals surface area (Å²) in [6, 6.07) is 3.88. The van der Waals surface area contributed by atoms with E-state index in [1.807, 2.05) is 0 Å². The van der Waals surface area contributed by atoms with Crippen LogP contribution in [0.5, 0.6) is 0 Å². The second-order valence-corrected chi connectivity index (χ2v) is 4.54. The van der Waals surface area contributed by atoms with Crippen LogP contribution in [0.25, 0.3) is 0 Å². The monoisotopic (exact) mass is 256 g/mol. The van der Waals surface area contributed by atoms with Gasteiger partial charge in [0.05, 0.1) is 5.69 Å². The highest BCUT2D eigenvalue weighted by atomic mass is 35.5. The number of nitrogens with one attached hydrogen (secondary N) is 2. The Balaban J connectivity index is 2.13. The van der Waals surface area contributed by atoms with E-state index in [4.69, 9.17) is 11.6 Å². The minimum atomic E-state index is -0.397. The molecule has 0 aromatic heterocycles. The van der Waals surface area contributed by atoms with E-state index in [1.165, 1.54) is 18.2 Å². The molecule has 1 heterocycles. The largest absolute Gasteiger partial charge is 0.371 e. The lowest BCUT2D eigenvalue weighted by molar-refractivity contribution is -0.121. The van der Waals surface area contributed by atoms with Gasteiger partial charge in [-0.05, 0) is 37.5 Å². The number of rotatable bonds is 2. The number of carbonyl (C=O) groups excluding carboxylic acids is 1. The summed E-state index contributed by atoms with van der Waals surface area (Å²) in [4.78, 5) is 11.7. The summed E-state index contributed by atoms with van der Waals surface area (Å²) in [6.45, 7) is 0.690. The van der Waals surface area contributed by atoms with Crippen molar-refractivity contribution in [3.05, 3.63) is 29.0 Å². The van der Waals surface area contributed by atoms with Crippen molar-refractivity contribution in [1.82, 2.24) is 5.32 Å². The van der Waals surface area contributed by atoms with Gasteiger partial charge in [0.25, 0.3) is 0 Å². The molecule has 1 aromatic carbocycles. The van der Waals surface area contributed by atoms with E-state index in [2.05, 4.69) is 10.6 Å². The first kappa shape index (κ1) is 12.2. The summed E-state index contributed by atoms with van der Waals surface area (Å²) < 4.78 is 13.5. The summed E-state index contributed by atoms with van der Waals surface area (Å²) in [5.74, 6) is -0.478. The molecule has 1 unspecified atom stereocenters. The van der Waals surface area contributed by atoms with E-state index in [-0.39, 0.29) is 17.6 Å². The molecule has 1 aliphatic rings. The maximum Gasteiger partial charge on any atom is 0.242 e. The summed E-state index contributed by atoms with van der Waals surface area (Å²) >= 11 is 5.80. The van der Waals surface area contributed by atoms with Crippen LogP contribution in [-0.2, 0) is 4.79 Å². The summed E-state index contributed by atoms with van der Waals surface area (Å²) in [6.07, 6.45) is 2.61. The van der Waals surface area contributed by atoms with Crippen LogP contribution in [0.1, 0.15) is 19.3 Å². The van der Waals surface area contributed by atoms with Gasteiger partial charge in [0.15, 0.2) is 0 Å². The van der Waals surface area contributed by atoms with Crippen LogP contribution in [0, 0.1) is 5.82 Å². The van der Waals surface area contributed by atoms with Gasteiger partial charge in [0, 0.05) is 11.6 Å². The summed E-state index contributed by atoms with van der Waals surface area (Å²) in [5.41, 5.74) is 0.277. The SMILES string of the molecule is O=C1NCCCCC1Nc1cc(Cl)ccc1F. The van der Waals surface area contributed by atoms with Gasteiger partial charge in [-0.25, -0.2) is 4.39 Å². The Bertz CT molecular complexity index is 425. The van der Waals surface area contributed by atoms with Crippen LogP contribution in [0.15, 0.2) is 18.2 Å². The first-order chi connectivity index (χ1) is 8.16. The maximum atomic E-state index is 13.5. The molecule has 1 saturated heterocycles. The number of hydrogen-bond donors (Lipinski definition) is 2. The van der Waals surface area contributed by atoms with Gasteiger partial charge in [-0.1, -0.05) is 11.6 Å². The normalized spacial score (nSPS) is 20.6. The number of carbonyl (C=O) groups is 1. The van der Waals surface area contributed by atoms with Crippen molar-refractivity contribution < 1.29 is 9.18 Å². The van der Waals surface area contributed by atoms with E-state index in [9.17, 15) is 9.18 Å². The van der Waals surface area contributed by atoms with Crippen molar-refractivity contribution in [3.8, 4) is 0 Å². The molecular formula is C12H14ClFN2O. The van der Waals surface area contributed by atoms with Crippen molar-refractivity contribution >= 4 is 23.2 Å². The van der Waals surface area contributed by atoms with Crippen LogP contribution in [0.3, 0.4) is 0 Å². The van der Waals surface area contributed by atoms with Gasteiger partial charge in [-0.3, -0.25) is 4.79 Å². The van der Waals surface area contributed by atoms with Crippen LogP contribution < -0.4 is 10.6 Å². The molecule has 17 heavy (non-hydrogen) atoms. The maximum absolute atomic E-state index is 13.5. The highest BCUT2D eigenvalue weighted by Crippen LogP contribution is 2.21. The zero-order valence-electron chi connectivity index (χ0n) is 9.30. The predicted octanol–water partition coefficient (Wildman–Crippen LogP) is 2.56. The van der Waals surface area contributed by atoms with Crippen molar-refractivity contribution in [3.63, 3.8) is 0 Å². The molecule has 0 saturated carbocycles. The molecule has 92 valence electrons. The van der Waals surface area contributed by atoms with Gasteiger partial charge in [-0.15, -0.1) is 0 Å². The molecule has 1 atom stereocenters. The quantitative estimate of drug-likeness (QED) is 0.854. The first-order valence-corrected chi connectivity index (χ1v) is 6.04. The topological polar surface area (TPSA) is 41.1 Å². The van der Waals surface area contributed by atoms with Crippen LogP contribution in [0.4, 0.5) is 10.1 Å². The number of hydrogen-bond acceptors (Lipinski definition) is 2. The average molecular weight is 257 g/mol. The Kier molecular flexibility index (Phi) is 3.84. The van der Waals surface area contributed by atoms with Gasteiger partial charge in [0.1, 0.15) is 11.9 Å². The molecule has 1 fully saturated rings. The van der Waals surface area contributed by atoms with Crippen LogP contribution in [0.2, 0.25) is 5.02 Å². The van der Waals surface area contributed by atoms with Gasteiger partial charge in [-0.2, -0.15) is 0 Å². The number of halogens is 2. The van der Waals surface area contributed by atoms with Crippen molar-refractivity contribution in [2.45, 2.75) is 25.3 Å². The zero-order valence-corrected chi connectivity index (χ0v) is 10.1. The average Bonchev–Trinajstić information content (AvgIpc) is 2.50. The second-order valence-electron chi connectivity index (χ2n) is 4.11. The molecule has 0 radical (unpaired) electrons. The number of amides is 1. The molecule has 3 nitrogen and oxygen atoms in total. The molecule has 1 amide bonds. The standard InChI is InChI=1S/C12H14ClFN2O/c13-8-4-5-9(14)11(7-8)16-10-3-1-2-6-15-12(10)17/h4-5,7,10,16H,1-3,6H2,(H,15,17). The Morgan fingerprint density at radius 2 is 2.24 bits per heavy atom. The lowest BCUT2D eigenvalue weighted by Crippen LogP contribution is -2.38. The molecule has 5 heteroatoms. The Labute approximate surface area is 104 Å². The second kappa shape index (κ2) is 5.36. The van der Waals surface area contributed by atoms with Gasteiger partial charge < -0.3 is 10.6 Å². The van der Waals surface area contributed by atoms with E-state index in [1.54, 1.807) is 0 Å². The molecule has 1 aliphatic heterocycles. The number of benzene rings is 1. The fourth-order valence-electron chi connectivity index (χ4n) is 1.87. The van der Waals surface area contributed by atoms with Crippen molar-refractivity contribution in [1.29, 1.82) is 0 Å². The molecule has 0 spiro atoms. The zero-order chi connectivity index (χ0) is 12.3. The highest BCUT2D eigenvalue weighted by Gasteiger charge is 2.21. The third kappa shape index (κ3) is 3.09. The third-order valence-corrected chi connectivity index (χ3v) is 3.03. The van der Waals surface area contributed by atoms with Crippen LogP contribution in [-0.4, -0.2) is 18.5 Å². The molecule has 2 N–H and O–H groups in total. The Hall–Kier alpha value is -1.29.